The second-order valence-corrected chi connectivity index (χ2v) is 6.10. The van der Waals surface area contributed by atoms with Gasteiger partial charge in [-0.1, -0.05) is 6.92 Å². The third-order valence-corrected chi connectivity index (χ3v) is 4.29. The van der Waals surface area contributed by atoms with Gasteiger partial charge in [0.1, 0.15) is 11.9 Å². The van der Waals surface area contributed by atoms with Crippen LogP contribution in [0.2, 0.25) is 0 Å². The van der Waals surface area contributed by atoms with Crippen molar-refractivity contribution in [1.29, 1.82) is 0 Å². The SMILES string of the molecule is CCc1nc(N2CCN[C@H](C(=O)Nc3ccc(F)cc3)C2)ncc1C. The van der Waals surface area contributed by atoms with Crippen LogP contribution < -0.4 is 15.5 Å². The van der Waals surface area contributed by atoms with E-state index in [9.17, 15) is 9.18 Å². The molecule has 0 bridgehead atoms. The van der Waals surface area contributed by atoms with E-state index >= 15 is 0 Å². The molecule has 25 heavy (non-hydrogen) atoms. The molecule has 0 spiro atoms. The first-order valence-electron chi connectivity index (χ1n) is 8.44. The third-order valence-electron chi connectivity index (χ3n) is 4.29. The van der Waals surface area contributed by atoms with E-state index in [1.54, 1.807) is 12.1 Å². The number of piperazine rings is 1. The first-order chi connectivity index (χ1) is 12.1. The second-order valence-electron chi connectivity index (χ2n) is 6.10. The first kappa shape index (κ1) is 17.3. The number of nitrogens with one attached hydrogen (secondary N) is 2. The van der Waals surface area contributed by atoms with Gasteiger partial charge in [0.25, 0.3) is 0 Å². The molecule has 1 saturated heterocycles. The molecule has 7 heteroatoms. The Morgan fingerprint density at radius 3 is 2.88 bits per heavy atom. The van der Waals surface area contributed by atoms with Crippen molar-refractivity contribution in [3.8, 4) is 0 Å². The second kappa shape index (κ2) is 7.57. The van der Waals surface area contributed by atoms with Crippen molar-refractivity contribution in [1.82, 2.24) is 15.3 Å². The van der Waals surface area contributed by atoms with Crippen LogP contribution in [0, 0.1) is 12.7 Å². The number of anilines is 2. The zero-order valence-corrected chi connectivity index (χ0v) is 14.4. The summed E-state index contributed by atoms with van der Waals surface area (Å²) < 4.78 is 13.0. The predicted octanol–water partition coefficient (Wildman–Crippen LogP) is 1.90. The van der Waals surface area contributed by atoms with Crippen LogP contribution >= 0.6 is 0 Å². The van der Waals surface area contributed by atoms with Crippen LogP contribution in [0.3, 0.4) is 0 Å². The van der Waals surface area contributed by atoms with Gasteiger partial charge in [0.15, 0.2) is 0 Å². The van der Waals surface area contributed by atoms with Gasteiger partial charge in [-0.3, -0.25) is 4.79 Å². The fraction of sp³-hybridized carbons (Fsp3) is 0.389. The summed E-state index contributed by atoms with van der Waals surface area (Å²) in [5, 5.41) is 6.01. The number of aromatic nitrogens is 2. The molecule has 2 N–H and O–H groups in total. The van der Waals surface area contributed by atoms with Gasteiger partial charge in [0, 0.05) is 37.2 Å². The maximum absolute atomic E-state index is 13.0. The first-order valence-corrected chi connectivity index (χ1v) is 8.44. The summed E-state index contributed by atoms with van der Waals surface area (Å²) in [6.07, 6.45) is 2.68. The molecule has 1 atom stereocenters. The maximum atomic E-state index is 13.0. The molecule has 1 aromatic carbocycles. The summed E-state index contributed by atoms with van der Waals surface area (Å²) in [6.45, 7) is 5.96. The summed E-state index contributed by atoms with van der Waals surface area (Å²) in [4.78, 5) is 23.5. The van der Waals surface area contributed by atoms with Crippen molar-refractivity contribution in [3.05, 3.63) is 47.5 Å². The number of nitrogens with zero attached hydrogens (tertiary/aromatic N) is 3. The van der Waals surface area contributed by atoms with Gasteiger partial charge in [0.05, 0.1) is 0 Å². The van der Waals surface area contributed by atoms with Crippen molar-refractivity contribution < 1.29 is 9.18 Å². The van der Waals surface area contributed by atoms with E-state index in [0.717, 1.165) is 24.2 Å². The molecule has 132 valence electrons. The monoisotopic (exact) mass is 343 g/mol. The van der Waals surface area contributed by atoms with E-state index in [2.05, 4.69) is 27.5 Å². The lowest BCUT2D eigenvalue weighted by molar-refractivity contribution is -0.118. The lowest BCUT2D eigenvalue weighted by Crippen LogP contribution is -2.56. The van der Waals surface area contributed by atoms with Crippen molar-refractivity contribution in [2.75, 3.05) is 29.9 Å². The highest BCUT2D eigenvalue weighted by atomic mass is 19.1. The Morgan fingerprint density at radius 1 is 1.40 bits per heavy atom. The highest BCUT2D eigenvalue weighted by Gasteiger charge is 2.27. The summed E-state index contributed by atoms with van der Waals surface area (Å²) >= 11 is 0. The number of benzene rings is 1. The van der Waals surface area contributed by atoms with Crippen molar-refractivity contribution in [2.45, 2.75) is 26.3 Å². The van der Waals surface area contributed by atoms with Crippen LogP contribution in [0.5, 0.6) is 0 Å². The Kier molecular flexibility index (Phi) is 5.23. The maximum Gasteiger partial charge on any atom is 0.243 e. The fourth-order valence-corrected chi connectivity index (χ4v) is 2.85. The number of rotatable bonds is 4. The Morgan fingerprint density at radius 2 is 2.16 bits per heavy atom. The molecule has 6 nitrogen and oxygen atoms in total. The molecule has 1 aliphatic heterocycles. The predicted molar refractivity (Wildman–Crippen MR) is 95.2 cm³/mol. The van der Waals surface area contributed by atoms with Crippen molar-refractivity contribution >= 4 is 17.5 Å². The average Bonchev–Trinajstić information content (AvgIpc) is 2.64. The van der Waals surface area contributed by atoms with E-state index in [-0.39, 0.29) is 17.8 Å². The average molecular weight is 343 g/mol. The summed E-state index contributed by atoms with van der Waals surface area (Å²) in [5.74, 6) is 0.172. The number of carbonyl (C=O) groups excluding carboxylic acids is 1. The minimum atomic E-state index is -0.381. The van der Waals surface area contributed by atoms with E-state index < -0.39 is 0 Å². The van der Waals surface area contributed by atoms with Gasteiger partial charge in [0.2, 0.25) is 11.9 Å². The quantitative estimate of drug-likeness (QED) is 0.887. The van der Waals surface area contributed by atoms with Crippen LogP contribution in [0.4, 0.5) is 16.0 Å². The number of hydrogen-bond acceptors (Lipinski definition) is 5. The highest BCUT2D eigenvalue weighted by Crippen LogP contribution is 2.15. The number of halogens is 1. The molecule has 1 amide bonds. The van der Waals surface area contributed by atoms with Gasteiger partial charge in [-0.2, -0.15) is 0 Å². The zero-order chi connectivity index (χ0) is 17.8. The standard InChI is InChI=1S/C18H22FN5O/c1-3-15-12(2)10-21-18(23-15)24-9-8-20-16(11-24)17(25)22-14-6-4-13(19)5-7-14/h4-7,10,16,20H,3,8-9,11H2,1-2H3,(H,22,25)/t16-/m0/s1. The molecule has 1 aromatic heterocycles. The minimum absolute atomic E-state index is 0.154. The van der Waals surface area contributed by atoms with Gasteiger partial charge in [-0.25, -0.2) is 14.4 Å². The van der Waals surface area contributed by atoms with Crippen LogP contribution in [0.1, 0.15) is 18.2 Å². The van der Waals surface area contributed by atoms with Gasteiger partial charge in [-0.15, -0.1) is 0 Å². The minimum Gasteiger partial charge on any atom is -0.337 e. The van der Waals surface area contributed by atoms with Crippen LogP contribution in [0.15, 0.2) is 30.5 Å². The van der Waals surface area contributed by atoms with Crippen LogP contribution in [-0.4, -0.2) is 41.6 Å². The number of carbonyl (C=O) groups is 1. The topological polar surface area (TPSA) is 70.2 Å². The summed E-state index contributed by atoms with van der Waals surface area (Å²) in [6, 6.07) is 5.36. The lowest BCUT2D eigenvalue weighted by Gasteiger charge is -2.33. The van der Waals surface area contributed by atoms with Gasteiger partial charge < -0.3 is 15.5 Å². The van der Waals surface area contributed by atoms with Crippen molar-refractivity contribution in [3.63, 3.8) is 0 Å². The lowest BCUT2D eigenvalue weighted by atomic mass is 10.2. The molecule has 0 radical (unpaired) electrons. The Balaban J connectivity index is 1.68. The third kappa shape index (κ3) is 4.11. The molecular formula is C18H22FN5O. The van der Waals surface area contributed by atoms with E-state index in [4.69, 9.17) is 0 Å². The number of amides is 1. The Bertz CT molecular complexity index is 750. The largest absolute Gasteiger partial charge is 0.337 e. The Hall–Kier alpha value is -2.54. The summed E-state index contributed by atoms with van der Waals surface area (Å²) in [7, 11) is 0. The van der Waals surface area contributed by atoms with Gasteiger partial charge in [-0.05, 0) is 43.2 Å². The number of hydrogen-bond donors (Lipinski definition) is 2. The van der Waals surface area contributed by atoms with Crippen LogP contribution in [-0.2, 0) is 11.2 Å². The molecule has 1 fully saturated rings. The molecular weight excluding hydrogens is 321 g/mol. The highest BCUT2D eigenvalue weighted by molar-refractivity contribution is 5.95. The molecule has 0 saturated carbocycles. The van der Waals surface area contributed by atoms with E-state index in [0.29, 0.717) is 24.7 Å². The van der Waals surface area contributed by atoms with Gasteiger partial charge >= 0.3 is 0 Å². The molecule has 1 aliphatic rings. The van der Waals surface area contributed by atoms with Crippen LogP contribution in [0.25, 0.3) is 0 Å². The molecule has 2 aromatic rings. The molecule has 2 heterocycles. The zero-order valence-electron chi connectivity index (χ0n) is 14.4. The molecule has 3 rings (SSSR count). The molecule has 0 aliphatic carbocycles. The number of aryl methyl sites for hydroxylation is 2. The fourth-order valence-electron chi connectivity index (χ4n) is 2.85. The van der Waals surface area contributed by atoms with Crippen molar-refractivity contribution in [2.24, 2.45) is 0 Å². The summed E-state index contributed by atoms with van der Waals surface area (Å²) in [5.41, 5.74) is 2.67. The van der Waals surface area contributed by atoms with E-state index in [1.807, 2.05) is 18.0 Å². The normalized spacial score (nSPS) is 17.4. The van der Waals surface area contributed by atoms with E-state index in [1.165, 1.54) is 12.1 Å². The molecule has 0 unspecified atom stereocenters. The Labute approximate surface area is 146 Å². The smallest absolute Gasteiger partial charge is 0.243 e.